The third-order valence-corrected chi connectivity index (χ3v) is 3.38. The zero-order valence-corrected chi connectivity index (χ0v) is 11.6. The van der Waals surface area contributed by atoms with Crippen LogP contribution in [-0.4, -0.2) is 36.2 Å². The zero-order valence-electron chi connectivity index (χ0n) is 11.6. The minimum absolute atomic E-state index is 0.278. The minimum Gasteiger partial charge on any atom is -0.550 e. The summed E-state index contributed by atoms with van der Waals surface area (Å²) in [6.45, 7) is 0. The Labute approximate surface area is 126 Å². The summed E-state index contributed by atoms with van der Waals surface area (Å²) in [6, 6.07) is 0. The Morgan fingerprint density at radius 3 is 1.83 bits per heavy atom. The van der Waals surface area contributed by atoms with Gasteiger partial charge in [-0.05, 0) is 25.7 Å². The van der Waals surface area contributed by atoms with E-state index >= 15 is 0 Å². The van der Waals surface area contributed by atoms with Gasteiger partial charge in [-0.15, -0.1) is 0 Å². The summed E-state index contributed by atoms with van der Waals surface area (Å²) in [5.74, 6) is -2.68. The fourth-order valence-electron chi connectivity index (χ4n) is 2.20. The first-order chi connectivity index (χ1) is 10.4. The van der Waals surface area contributed by atoms with Crippen LogP contribution in [0.5, 0.6) is 0 Å². The van der Waals surface area contributed by atoms with Crippen molar-refractivity contribution in [3.8, 4) is 0 Å². The van der Waals surface area contributed by atoms with Crippen molar-refractivity contribution in [1.29, 1.82) is 0 Å². The monoisotopic (exact) mass is 351 g/mol. The van der Waals surface area contributed by atoms with Gasteiger partial charge in [0.15, 0.2) is 0 Å². The number of carboxylic acid groups (broad SMARTS) is 1. The van der Waals surface area contributed by atoms with Crippen LogP contribution in [0.15, 0.2) is 0 Å². The van der Waals surface area contributed by atoms with Gasteiger partial charge in [-0.1, -0.05) is 6.42 Å². The van der Waals surface area contributed by atoms with E-state index in [1.54, 1.807) is 0 Å². The summed E-state index contributed by atoms with van der Waals surface area (Å²) in [6.07, 6.45) is -15.6. The molecule has 1 saturated carbocycles. The Balaban J connectivity index is 2.99. The van der Waals surface area contributed by atoms with Crippen molar-refractivity contribution in [3.63, 3.8) is 0 Å². The van der Waals surface area contributed by atoms with Crippen molar-refractivity contribution in [3.05, 3.63) is 0 Å². The largest absolute Gasteiger partial charge is 0.550 e. The molecule has 0 aromatic rings. The third-order valence-electron chi connectivity index (χ3n) is 3.38. The summed E-state index contributed by atoms with van der Waals surface area (Å²) in [5.41, 5.74) is -5.22. The molecular formula is C12H13F6O5-. The minimum atomic E-state index is -6.21. The van der Waals surface area contributed by atoms with Crippen LogP contribution in [0.4, 0.5) is 31.1 Å². The second-order valence-electron chi connectivity index (χ2n) is 5.10. The maximum atomic E-state index is 12.8. The maximum Gasteiger partial charge on any atom is 0.509 e. The van der Waals surface area contributed by atoms with Crippen molar-refractivity contribution in [2.24, 2.45) is 0 Å². The van der Waals surface area contributed by atoms with E-state index in [1.807, 2.05) is 0 Å². The highest BCUT2D eigenvalue weighted by Gasteiger charge is 2.74. The van der Waals surface area contributed by atoms with Crippen LogP contribution in [-0.2, 0) is 14.3 Å². The molecule has 0 saturated heterocycles. The molecule has 0 aliphatic heterocycles. The Morgan fingerprint density at radius 1 is 0.957 bits per heavy atom. The number of ether oxygens (including phenoxy) is 2. The van der Waals surface area contributed by atoms with Crippen molar-refractivity contribution >= 4 is 12.1 Å². The van der Waals surface area contributed by atoms with Crippen LogP contribution in [0.3, 0.4) is 0 Å². The number of aliphatic carboxylic acids is 1. The first-order valence-corrected chi connectivity index (χ1v) is 6.62. The van der Waals surface area contributed by atoms with E-state index in [0.29, 0.717) is 12.8 Å². The Morgan fingerprint density at radius 2 is 1.43 bits per heavy atom. The van der Waals surface area contributed by atoms with Crippen molar-refractivity contribution < 1.29 is 50.5 Å². The number of carbonyl (C=O) groups excluding carboxylic acids is 2. The van der Waals surface area contributed by atoms with Gasteiger partial charge in [-0.2, -0.15) is 26.3 Å². The Hall–Kier alpha value is -1.68. The molecule has 1 rings (SSSR count). The molecule has 0 heterocycles. The van der Waals surface area contributed by atoms with Crippen LogP contribution in [0, 0.1) is 0 Å². The predicted octanol–water partition coefficient (Wildman–Crippen LogP) is 2.48. The molecule has 0 amide bonds. The quantitative estimate of drug-likeness (QED) is 0.575. The van der Waals surface area contributed by atoms with Gasteiger partial charge in [0, 0.05) is 12.4 Å². The van der Waals surface area contributed by atoms with Gasteiger partial charge in [0.25, 0.3) is 0 Å². The van der Waals surface area contributed by atoms with E-state index in [0.717, 1.165) is 6.42 Å². The van der Waals surface area contributed by atoms with Crippen LogP contribution in [0.25, 0.3) is 0 Å². The van der Waals surface area contributed by atoms with E-state index < -0.39 is 42.6 Å². The number of alkyl halides is 6. The second kappa shape index (κ2) is 6.83. The number of hydrogen-bond donors (Lipinski definition) is 0. The molecule has 0 N–H and O–H groups in total. The maximum absolute atomic E-state index is 12.8. The summed E-state index contributed by atoms with van der Waals surface area (Å²) < 4.78 is 84.9. The number of carbonyl (C=O) groups is 2. The van der Waals surface area contributed by atoms with E-state index in [-0.39, 0.29) is 12.8 Å². The normalized spacial score (nSPS) is 17.7. The van der Waals surface area contributed by atoms with Crippen LogP contribution >= 0.6 is 0 Å². The smallest absolute Gasteiger partial charge is 0.509 e. The highest BCUT2D eigenvalue weighted by molar-refractivity contribution is 5.68. The van der Waals surface area contributed by atoms with Gasteiger partial charge in [-0.25, -0.2) is 4.79 Å². The molecule has 0 spiro atoms. The summed E-state index contributed by atoms with van der Waals surface area (Å²) in [4.78, 5) is 21.7. The predicted molar refractivity (Wildman–Crippen MR) is 58.9 cm³/mol. The molecule has 11 heteroatoms. The van der Waals surface area contributed by atoms with Gasteiger partial charge in [0.05, 0.1) is 0 Å². The first kappa shape index (κ1) is 19.4. The number of rotatable bonds is 4. The Kier molecular flexibility index (Phi) is 5.75. The zero-order chi connectivity index (χ0) is 17.9. The SMILES string of the molecule is O=C([O-])CC(OC(=O)OC1CCCCC1)(C(F)(F)F)C(F)(F)F. The standard InChI is InChI=1S/C12H14F6O5/c13-11(14,15)10(6-8(19)20,12(16,17)18)23-9(21)22-7-4-2-1-3-5-7/h7H,1-6H2,(H,19,20)/p-1. The molecule has 1 aliphatic carbocycles. The summed E-state index contributed by atoms with van der Waals surface area (Å²) in [5, 5.41) is 10.3. The third kappa shape index (κ3) is 4.64. The summed E-state index contributed by atoms with van der Waals surface area (Å²) in [7, 11) is 0. The molecule has 5 nitrogen and oxygen atoms in total. The number of carboxylic acids is 1. The number of halogens is 6. The first-order valence-electron chi connectivity index (χ1n) is 6.62. The fourth-order valence-corrected chi connectivity index (χ4v) is 2.20. The molecule has 0 aromatic heterocycles. The highest BCUT2D eigenvalue weighted by Crippen LogP contribution is 2.48. The lowest BCUT2D eigenvalue weighted by Crippen LogP contribution is -2.62. The van der Waals surface area contributed by atoms with Gasteiger partial charge in [-0.3, -0.25) is 0 Å². The molecular weight excluding hydrogens is 338 g/mol. The molecule has 1 aliphatic rings. The molecule has 0 aromatic carbocycles. The van der Waals surface area contributed by atoms with Gasteiger partial charge < -0.3 is 19.4 Å². The van der Waals surface area contributed by atoms with Crippen LogP contribution in [0.2, 0.25) is 0 Å². The molecule has 23 heavy (non-hydrogen) atoms. The van der Waals surface area contributed by atoms with Crippen LogP contribution in [0.1, 0.15) is 38.5 Å². The topological polar surface area (TPSA) is 75.7 Å². The molecule has 0 unspecified atom stereocenters. The van der Waals surface area contributed by atoms with Crippen molar-refractivity contribution in [2.45, 2.75) is 62.6 Å². The van der Waals surface area contributed by atoms with Gasteiger partial charge in [0.1, 0.15) is 6.10 Å². The van der Waals surface area contributed by atoms with E-state index in [2.05, 4.69) is 9.47 Å². The fraction of sp³-hybridized carbons (Fsp3) is 0.833. The van der Waals surface area contributed by atoms with Crippen LogP contribution < -0.4 is 5.11 Å². The number of hydrogen-bond acceptors (Lipinski definition) is 5. The molecule has 134 valence electrons. The lowest BCUT2D eigenvalue weighted by Gasteiger charge is -2.36. The van der Waals surface area contributed by atoms with E-state index in [1.165, 1.54) is 0 Å². The van der Waals surface area contributed by atoms with E-state index in [9.17, 15) is 41.0 Å². The molecule has 0 radical (unpaired) electrons. The van der Waals surface area contributed by atoms with E-state index in [4.69, 9.17) is 0 Å². The average molecular weight is 351 g/mol. The molecule has 0 bridgehead atoms. The van der Waals surface area contributed by atoms with Crippen molar-refractivity contribution in [2.75, 3.05) is 0 Å². The lowest BCUT2D eigenvalue weighted by atomic mass is 9.97. The molecule has 0 atom stereocenters. The van der Waals surface area contributed by atoms with Gasteiger partial charge >= 0.3 is 24.1 Å². The average Bonchev–Trinajstić information content (AvgIpc) is 2.35. The molecule has 1 fully saturated rings. The van der Waals surface area contributed by atoms with Gasteiger partial charge in [0.2, 0.25) is 0 Å². The lowest BCUT2D eigenvalue weighted by molar-refractivity contribution is -0.380. The summed E-state index contributed by atoms with van der Waals surface area (Å²) >= 11 is 0. The highest BCUT2D eigenvalue weighted by atomic mass is 19.4. The van der Waals surface area contributed by atoms with Crippen molar-refractivity contribution in [1.82, 2.24) is 0 Å². The second-order valence-corrected chi connectivity index (χ2v) is 5.10. The Bertz CT molecular complexity index is 424.